The summed E-state index contributed by atoms with van der Waals surface area (Å²) < 4.78 is 58.6. The second-order valence-electron chi connectivity index (χ2n) is 12.6. The molecule has 0 amide bonds. The summed E-state index contributed by atoms with van der Waals surface area (Å²) in [4.78, 5) is 18.2. The first-order chi connectivity index (χ1) is 28.7. The molecule has 1 aromatic heterocycles. The lowest BCUT2D eigenvalue weighted by Crippen LogP contribution is -2.21. The van der Waals surface area contributed by atoms with Gasteiger partial charge in [0.25, 0.3) is 10.1 Å². The fraction of sp³-hybridized carbons (Fsp3) is 0.308. The van der Waals surface area contributed by atoms with Crippen molar-refractivity contribution in [2.75, 3.05) is 59.0 Å². The molecule has 0 atom stereocenters. The SMILES string of the molecule is CCN(CC)c1ccc(N=Nc2ccccc2C)c(Nc2nc(Nc3cc(N(CC)CC)ccc3N=Nc3cc(S(=O)(=O)O)ccc3C)nc(SCCO)n2)c1.O=S(=O)=O. The maximum atomic E-state index is 11.8. The minimum atomic E-state index is -4.44. The first-order valence-electron chi connectivity index (χ1n) is 18.7. The topological polar surface area (TPSA) is 244 Å². The Bertz CT molecular complexity index is 2530. The van der Waals surface area contributed by atoms with Crippen molar-refractivity contribution in [1.82, 2.24) is 15.0 Å². The van der Waals surface area contributed by atoms with E-state index in [2.05, 4.69) is 78.6 Å². The van der Waals surface area contributed by atoms with Crippen molar-refractivity contribution in [3.8, 4) is 0 Å². The third kappa shape index (κ3) is 13.6. The molecule has 0 bridgehead atoms. The lowest BCUT2D eigenvalue weighted by molar-refractivity contribution is 0.322. The van der Waals surface area contributed by atoms with Gasteiger partial charge in [-0.2, -0.15) is 33.6 Å². The second kappa shape index (κ2) is 22.5. The van der Waals surface area contributed by atoms with Crippen molar-refractivity contribution in [1.29, 1.82) is 0 Å². The molecule has 0 aliphatic carbocycles. The van der Waals surface area contributed by atoms with E-state index >= 15 is 0 Å². The van der Waals surface area contributed by atoms with E-state index in [1.165, 1.54) is 23.9 Å². The number of aryl methyl sites for hydroxylation is 2. The second-order valence-corrected chi connectivity index (χ2v) is 15.5. The van der Waals surface area contributed by atoms with Crippen LogP contribution in [0.2, 0.25) is 0 Å². The zero-order valence-corrected chi connectivity index (χ0v) is 36.4. The van der Waals surface area contributed by atoms with Crippen molar-refractivity contribution < 1.29 is 30.7 Å². The smallest absolute Gasteiger partial charge is 0.396 e. The number of azo groups is 2. The molecule has 318 valence electrons. The Labute approximate surface area is 355 Å². The monoisotopic (exact) mass is 877 g/mol. The van der Waals surface area contributed by atoms with E-state index in [1.807, 2.05) is 61.5 Å². The molecule has 21 heteroatoms. The predicted octanol–water partition coefficient (Wildman–Crippen LogP) is 8.83. The molecule has 1 heterocycles. The number of benzene rings is 4. The van der Waals surface area contributed by atoms with E-state index in [9.17, 15) is 18.1 Å². The minimum absolute atomic E-state index is 0.0775. The number of nitrogens with one attached hydrogen (secondary N) is 2. The first-order valence-corrected chi connectivity index (χ1v) is 22.2. The van der Waals surface area contributed by atoms with Crippen LogP contribution in [0.25, 0.3) is 0 Å². The number of hydrogen-bond acceptors (Lipinski definition) is 18. The van der Waals surface area contributed by atoms with E-state index in [-0.39, 0.29) is 29.1 Å². The maximum absolute atomic E-state index is 11.8. The Morgan fingerprint density at radius 2 is 1.12 bits per heavy atom. The van der Waals surface area contributed by atoms with Crippen LogP contribution in [0.15, 0.2) is 109 Å². The molecule has 0 unspecified atom stereocenters. The molecule has 0 fully saturated rings. The molecule has 60 heavy (non-hydrogen) atoms. The highest BCUT2D eigenvalue weighted by Crippen LogP contribution is 2.37. The fourth-order valence-corrected chi connectivity index (χ4v) is 6.73. The van der Waals surface area contributed by atoms with E-state index in [4.69, 9.17) is 17.6 Å². The van der Waals surface area contributed by atoms with Gasteiger partial charge in [0.05, 0.1) is 34.3 Å². The number of rotatable bonds is 18. The zero-order valence-electron chi connectivity index (χ0n) is 33.9. The quantitative estimate of drug-likeness (QED) is 0.0365. The summed E-state index contributed by atoms with van der Waals surface area (Å²) in [7, 11) is -7.55. The molecular formula is C39H47N11O7S3. The summed E-state index contributed by atoms with van der Waals surface area (Å²) in [6.45, 7) is 15.1. The third-order valence-electron chi connectivity index (χ3n) is 8.77. The Morgan fingerprint density at radius 3 is 1.58 bits per heavy atom. The zero-order chi connectivity index (χ0) is 43.8. The molecule has 5 aromatic rings. The number of aliphatic hydroxyl groups excluding tert-OH is 1. The van der Waals surface area contributed by atoms with E-state index in [0.717, 1.165) is 48.8 Å². The van der Waals surface area contributed by atoms with Gasteiger partial charge in [-0.1, -0.05) is 36.0 Å². The van der Waals surface area contributed by atoms with Gasteiger partial charge >= 0.3 is 10.6 Å². The number of thioether (sulfide) groups is 1. The molecule has 4 N–H and O–H groups in total. The van der Waals surface area contributed by atoms with Gasteiger partial charge in [0.15, 0.2) is 5.16 Å². The number of anilines is 6. The van der Waals surface area contributed by atoms with Crippen LogP contribution >= 0.6 is 11.8 Å². The molecule has 18 nitrogen and oxygen atoms in total. The molecule has 0 aliphatic heterocycles. The van der Waals surface area contributed by atoms with E-state index in [1.54, 1.807) is 19.1 Å². The van der Waals surface area contributed by atoms with Crippen molar-refractivity contribution in [3.05, 3.63) is 90.0 Å². The Balaban J connectivity index is 0.00000190. The first kappa shape index (κ1) is 46.8. The third-order valence-corrected chi connectivity index (χ3v) is 10.4. The highest BCUT2D eigenvalue weighted by molar-refractivity contribution is 7.99. The Hall–Kier alpha value is -5.87. The summed E-state index contributed by atoms with van der Waals surface area (Å²) in [6.07, 6.45) is 0. The molecule has 0 saturated carbocycles. The molecule has 0 saturated heterocycles. The van der Waals surface area contributed by atoms with Crippen molar-refractivity contribution in [3.63, 3.8) is 0 Å². The predicted molar refractivity (Wildman–Crippen MR) is 234 cm³/mol. The van der Waals surface area contributed by atoms with Crippen molar-refractivity contribution in [2.24, 2.45) is 20.5 Å². The van der Waals surface area contributed by atoms with Crippen LogP contribution in [-0.2, 0) is 20.7 Å². The van der Waals surface area contributed by atoms with Gasteiger partial charge < -0.3 is 25.5 Å². The minimum Gasteiger partial charge on any atom is -0.396 e. The van der Waals surface area contributed by atoms with Gasteiger partial charge in [-0.3, -0.25) is 4.55 Å². The largest absolute Gasteiger partial charge is 0.425 e. The summed E-state index contributed by atoms with van der Waals surface area (Å²) in [5.41, 5.74) is 6.73. The average molecular weight is 878 g/mol. The molecule has 4 aromatic carbocycles. The Morgan fingerprint density at radius 1 is 0.650 bits per heavy atom. The van der Waals surface area contributed by atoms with Crippen LogP contribution in [0.4, 0.5) is 57.4 Å². The fourth-order valence-electron chi connectivity index (χ4n) is 5.65. The lowest BCUT2D eigenvalue weighted by atomic mass is 10.2. The molecular weight excluding hydrogens is 831 g/mol. The van der Waals surface area contributed by atoms with Crippen LogP contribution < -0.4 is 20.4 Å². The molecule has 0 radical (unpaired) electrons. The van der Waals surface area contributed by atoms with Gasteiger partial charge in [0.1, 0.15) is 11.4 Å². The van der Waals surface area contributed by atoms with E-state index < -0.39 is 20.7 Å². The number of nitrogens with zero attached hydrogens (tertiary/aromatic N) is 9. The maximum Gasteiger partial charge on any atom is 0.425 e. The summed E-state index contributed by atoms with van der Waals surface area (Å²) in [5.74, 6) is 0.783. The molecule has 0 aliphatic rings. The summed E-state index contributed by atoms with van der Waals surface area (Å²) >= 11 is 1.27. The normalized spacial score (nSPS) is 11.3. The van der Waals surface area contributed by atoms with Gasteiger partial charge in [-0.05, 0) is 107 Å². The highest BCUT2D eigenvalue weighted by Gasteiger charge is 2.16. The van der Waals surface area contributed by atoms with Gasteiger partial charge in [-0.15, -0.1) is 22.9 Å². The Kier molecular flexibility index (Phi) is 17.5. The number of aromatic nitrogens is 3. The number of hydrogen-bond donors (Lipinski definition) is 4. The van der Waals surface area contributed by atoms with Crippen LogP contribution in [0, 0.1) is 13.8 Å². The molecule has 5 rings (SSSR count). The van der Waals surface area contributed by atoms with Gasteiger partial charge in [-0.25, -0.2) is 0 Å². The van der Waals surface area contributed by atoms with Crippen LogP contribution in [0.3, 0.4) is 0 Å². The number of aliphatic hydroxyl groups is 1. The van der Waals surface area contributed by atoms with Gasteiger partial charge in [0, 0.05) is 43.3 Å². The molecule has 0 spiro atoms. The standard InChI is InChI=1S/C39H47N11O4S2.O3S/c1-7-49(8-2)28-16-19-32(46-45-31-14-12-11-13-26(31)5)35(23-28)40-37-42-38(44-39(43-37)55-22-21-51)41-36-24-29(50(9-3)10-4)17-20-33(36)47-48-34-25-30(56(52,53)54)18-15-27(34)6;1-4(2)3/h11-20,23-25,51H,7-10,21-22H2,1-6H3,(H,52,53,54)(H2,40,41,42,43,44);. The van der Waals surface area contributed by atoms with Crippen LogP contribution in [0.5, 0.6) is 0 Å². The van der Waals surface area contributed by atoms with Gasteiger partial charge in [0.2, 0.25) is 11.9 Å². The van der Waals surface area contributed by atoms with Crippen LogP contribution in [-0.4, -0.2) is 84.2 Å². The van der Waals surface area contributed by atoms with Crippen LogP contribution in [0.1, 0.15) is 38.8 Å². The summed E-state index contributed by atoms with van der Waals surface area (Å²) in [5, 5.41) is 34.7. The highest BCUT2D eigenvalue weighted by atomic mass is 32.2. The van der Waals surface area contributed by atoms with Crippen molar-refractivity contribution >= 4 is 89.9 Å². The lowest BCUT2D eigenvalue weighted by Gasteiger charge is -2.22. The van der Waals surface area contributed by atoms with E-state index in [0.29, 0.717) is 39.2 Å². The average Bonchev–Trinajstić information content (AvgIpc) is 3.20. The summed E-state index contributed by atoms with van der Waals surface area (Å²) in [6, 6.07) is 23.4. The van der Waals surface area contributed by atoms with Crippen molar-refractivity contribution in [2.45, 2.75) is 51.6 Å².